The van der Waals surface area contributed by atoms with Crippen LogP contribution in [0.15, 0.2) is 34.3 Å². The van der Waals surface area contributed by atoms with Crippen LogP contribution < -0.4 is 0 Å². The number of esters is 1. The standard InChI is InChI=1S/C15H15N3O3/c1-9-12(14(19)20-2)13(18-15(17-9)21-3)11-6-4-10(8-16)5-7-11/h4-7,12-13H,1-3H3. The Morgan fingerprint density at radius 1 is 1.29 bits per heavy atom. The van der Waals surface area contributed by atoms with E-state index >= 15 is 0 Å². The molecule has 1 aromatic rings. The maximum Gasteiger partial charge on any atom is 0.316 e. The molecule has 0 N–H and O–H groups in total. The summed E-state index contributed by atoms with van der Waals surface area (Å²) in [6, 6.07) is 8.72. The summed E-state index contributed by atoms with van der Waals surface area (Å²) in [6.07, 6.45) is 0. The fraction of sp³-hybridized carbons (Fsp3) is 0.333. The zero-order chi connectivity index (χ0) is 15.4. The molecule has 0 radical (unpaired) electrons. The Balaban J connectivity index is 2.44. The van der Waals surface area contributed by atoms with E-state index in [4.69, 9.17) is 14.7 Å². The first kappa shape index (κ1) is 14.7. The van der Waals surface area contributed by atoms with Crippen molar-refractivity contribution in [1.29, 1.82) is 5.26 Å². The summed E-state index contributed by atoms with van der Waals surface area (Å²) in [5.74, 6) is -0.994. The van der Waals surface area contributed by atoms with Gasteiger partial charge in [-0.05, 0) is 24.6 Å². The number of methoxy groups -OCH3 is 2. The maximum atomic E-state index is 12.0. The van der Waals surface area contributed by atoms with Crippen molar-refractivity contribution in [3.05, 3.63) is 35.4 Å². The molecular weight excluding hydrogens is 270 g/mol. The van der Waals surface area contributed by atoms with Crippen molar-refractivity contribution in [3.63, 3.8) is 0 Å². The van der Waals surface area contributed by atoms with E-state index in [0.717, 1.165) is 5.56 Å². The number of carbonyl (C=O) groups excluding carboxylic acids is 1. The summed E-state index contributed by atoms with van der Waals surface area (Å²) in [7, 11) is 2.81. The van der Waals surface area contributed by atoms with Crippen molar-refractivity contribution in [2.24, 2.45) is 15.9 Å². The number of aliphatic imine (C=N–C) groups is 2. The van der Waals surface area contributed by atoms with Crippen molar-refractivity contribution < 1.29 is 14.3 Å². The largest absolute Gasteiger partial charge is 0.468 e. The third kappa shape index (κ3) is 2.92. The first-order valence-corrected chi connectivity index (χ1v) is 6.35. The molecule has 6 heteroatoms. The Kier molecular flexibility index (Phi) is 4.33. The minimum Gasteiger partial charge on any atom is -0.468 e. The molecule has 0 amide bonds. The molecule has 0 spiro atoms. The van der Waals surface area contributed by atoms with Gasteiger partial charge in [0, 0.05) is 5.71 Å². The van der Waals surface area contributed by atoms with Gasteiger partial charge in [0.25, 0.3) is 0 Å². The number of amidine groups is 1. The molecule has 0 saturated carbocycles. The number of nitrogens with zero attached hydrogens (tertiary/aromatic N) is 3. The second kappa shape index (κ2) is 6.18. The van der Waals surface area contributed by atoms with Crippen LogP contribution in [0.25, 0.3) is 0 Å². The molecule has 0 aliphatic carbocycles. The lowest BCUT2D eigenvalue weighted by Crippen LogP contribution is -2.33. The van der Waals surface area contributed by atoms with Crippen LogP contribution in [-0.4, -0.2) is 31.9 Å². The molecule has 0 bridgehead atoms. The van der Waals surface area contributed by atoms with E-state index in [9.17, 15) is 4.79 Å². The van der Waals surface area contributed by atoms with E-state index in [0.29, 0.717) is 11.3 Å². The highest BCUT2D eigenvalue weighted by molar-refractivity contribution is 6.07. The average molecular weight is 285 g/mol. The van der Waals surface area contributed by atoms with Crippen LogP contribution in [-0.2, 0) is 14.3 Å². The van der Waals surface area contributed by atoms with E-state index in [2.05, 4.69) is 16.1 Å². The lowest BCUT2D eigenvalue weighted by Gasteiger charge is -2.25. The third-order valence-electron chi connectivity index (χ3n) is 3.31. The van der Waals surface area contributed by atoms with Crippen LogP contribution in [0.1, 0.15) is 24.1 Å². The van der Waals surface area contributed by atoms with E-state index in [1.807, 2.05) is 0 Å². The Hall–Kier alpha value is -2.68. The SMILES string of the molecule is COC(=O)C1C(C)=NC(OC)=NC1c1ccc(C#N)cc1. The highest BCUT2D eigenvalue weighted by Crippen LogP contribution is 2.32. The molecule has 2 atom stereocenters. The van der Waals surface area contributed by atoms with Gasteiger partial charge in [-0.3, -0.25) is 4.79 Å². The molecular formula is C15H15N3O3. The molecule has 0 saturated heterocycles. The Labute approximate surface area is 122 Å². The fourth-order valence-electron chi connectivity index (χ4n) is 2.22. The number of hydrogen-bond donors (Lipinski definition) is 0. The van der Waals surface area contributed by atoms with Gasteiger partial charge in [-0.1, -0.05) is 12.1 Å². The number of rotatable bonds is 2. The van der Waals surface area contributed by atoms with Gasteiger partial charge in [0.15, 0.2) is 0 Å². The van der Waals surface area contributed by atoms with Gasteiger partial charge in [0.1, 0.15) is 5.92 Å². The Bertz CT molecular complexity index is 641. The number of nitriles is 1. The van der Waals surface area contributed by atoms with Crippen LogP contribution in [0.5, 0.6) is 0 Å². The number of benzene rings is 1. The van der Waals surface area contributed by atoms with E-state index < -0.39 is 17.9 Å². The molecule has 6 nitrogen and oxygen atoms in total. The Morgan fingerprint density at radius 2 is 1.95 bits per heavy atom. The summed E-state index contributed by atoms with van der Waals surface area (Å²) >= 11 is 0. The minimum absolute atomic E-state index is 0.224. The predicted molar refractivity (Wildman–Crippen MR) is 77.0 cm³/mol. The Morgan fingerprint density at radius 3 is 2.48 bits per heavy atom. The molecule has 0 aromatic heterocycles. The second-order valence-corrected chi connectivity index (χ2v) is 4.55. The van der Waals surface area contributed by atoms with Gasteiger partial charge in [0.05, 0.1) is 31.9 Å². The molecule has 1 aliphatic heterocycles. The predicted octanol–water partition coefficient (Wildman–Crippen LogP) is 1.87. The van der Waals surface area contributed by atoms with Gasteiger partial charge < -0.3 is 9.47 Å². The third-order valence-corrected chi connectivity index (χ3v) is 3.31. The first-order valence-electron chi connectivity index (χ1n) is 6.35. The van der Waals surface area contributed by atoms with Crippen molar-refractivity contribution in [1.82, 2.24) is 0 Å². The zero-order valence-electron chi connectivity index (χ0n) is 12.0. The highest BCUT2D eigenvalue weighted by Gasteiger charge is 2.36. The molecule has 21 heavy (non-hydrogen) atoms. The molecule has 2 unspecified atom stereocenters. The molecule has 2 rings (SSSR count). The van der Waals surface area contributed by atoms with E-state index in [-0.39, 0.29) is 6.02 Å². The molecule has 1 aromatic carbocycles. The van der Waals surface area contributed by atoms with Crippen LogP contribution in [0, 0.1) is 17.2 Å². The van der Waals surface area contributed by atoms with Crippen molar-refractivity contribution >= 4 is 17.7 Å². The van der Waals surface area contributed by atoms with Gasteiger partial charge in [-0.2, -0.15) is 5.26 Å². The average Bonchev–Trinajstić information content (AvgIpc) is 2.53. The smallest absolute Gasteiger partial charge is 0.316 e. The van der Waals surface area contributed by atoms with Gasteiger partial charge in [-0.15, -0.1) is 0 Å². The summed E-state index contributed by atoms with van der Waals surface area (Å²) in [4.78, 5) is 20.5. The normalized spacial score (nSPS) is 20.9. The number of carbonyl (C=O) groups is 1. The van der Waals surface area contributed by atoms with Crippen LogP contribution >= 0.6 is 0 Å². The molecule has 108 valence electrons. The molecule has 0 fully saturated rings. The van der Waals surface area contributed by atoms with Crippen LogP contribution in [0.3, 0.4) is 0 Å². The van der Waals surface area contributed by atoms with Crippen LogP contribution in [0.4, 0.5) is 0 Å². The highest BCUT2D eigenvalue weighted by atomic mass is 16.5. The van der Waals surface area contributed by atoms with E-state index in [1.165, 1.54) is 14.2 Å². The first-order chi connectivity index (χ1) is 10.1. The quantitative estimate of drug-likeness (QED) is 0.776. The van der Waals surface area contributed by atoms with Gasteiger partial charge in [0.2, 0.25) is 0 Å². The van der Waals surface area contributed by atoms with E-state index in [1.54, 1.807) is 31.2 Å². The number of hydrogen-bond acceptors (Lipinski definition) is 6. The lowest BCUT2D eigenvalue weighted by molar-refractivity contribution is -0.143. The topological polar surface area (TPSA) is 84.0 Å². The van der Waals surface area contributed by atoms with Crippen molar-refractivity contribution in [2.45, 2.75) is 13.0 Å². The number of ether oxygens (including phenoxy) is 2. The maximum absolute atomic E-state index is 12.0. The summed E-state index contributed by atoms with van der Waals surface area (Å²) < 4.78 is 9.92. The van der Waals surface area contributed by atoms with Gasteiger partial charge in [-0.25, -0.2) is 9.98 Å². The zero-order valence-corrected chi connectivity index (χ0v) is 12.0. The second-order valence-electron chi connectivity index (χ2n) is 4.55. The fourth-order valence-corrected chi connectivity index (χ4v) is 2.22. The van der Waals surface area contributed by atoms with Crippen molar-refractivity contribution in [2.75, 3.05) is 14.2 Å². The minimum atomic E-state index is -0.596. The molecule has 1 heterocycles. The van der Waals surface area contributed by atoms with Crippen molar-refractivity contribution in [3.8, 4) is 6.07 Å². The summed E-state index contributed by atoms with van der Waals surface area (Å²) in [5.41, 5.74) is 1.93. The summed E-state index contributed by atoms with van der Waals surface area (Å²) in [6.45, 7) is 1.74. The van der Waals surface area contributed by atoms with Gasteiger partial charge >= 0.3 is 12.0 Å². The summed E-state index contributed by atoms with van der Waals surface area (Å²) in [5, 5.41) is 8.85. The molecule has 1 aliphatic rings. The van der Waals surface area contributed by atoms with Crippen LogP contribution in [0.2, 0.25) is 0 Å². The lowest BCUT2D eigenvalue weighted by atomic mass is 9.89. The monoisotopic (exact) mass is 285 g/mol.